The molecule has 8 rings (SSSR count). The maximum atomic E-state index is 12.1. The Morgan fingerprint density at radius 1 is 0.676 bits per heavy atom. The predicted octanol–water partition coefficient (Wildman–Crippen LogP) is 1.18. The van der Waals surface area contributed by atoms with E-state index in [1.54, 1.807) is 0 Å². The summed E-state index contributed by atoms with van der Waals surface area (Å²) in [4.78, 5) is 11.5. The number of rotatable bonds is 10. The van der Waals surface area contributed by atoms with Crippen LogP contribution in [0.5, 0.6) is 0 Å². The van der Waals surface area contributed by atoms with Crippen LogP contribution in [0.4, 0.5) is 0 Å². The summed E-state index contributed by atoms with van der Waals surface area (Å²) in [7, 11) is 0. The molecule has 18 heteroatoms. The van der Waals surface area contributed by atoms with Crippen LogP contribution in [0.3, 0.4) is 0 Å². The van der Waals surface area contributed by atoms with Gasteiger partial charge in [-0.2, -0.15) is 0 Å². The van der Waals surface area contributed by atoms with Crippen molar-refractivity contribution in [3.63, 3.8) is 0 Å². The fraction of sp³-hybridized carbons (Fsp3) is 0.940. The van der Waals surface area contributed by atoms with Crippen LogP contribution in [0.15, 0.2) is 11.6 Å². The summed E-state index contributed by atoms with van der Waals surface area (Å²) in [6.07, 6.45) is -14.5. The van der Waals surface area contributed by atoms with Gasteiger partial charge in [-0.1, -0.05) is 60.1 Å². The van der Waals surface area contributed by atoms with Crippen molar-refractivity contribution in [1.82, 2.24) is 0 Å². The third-order valence-electron chi connectivity index (χ3n) is 19.7. The first kappa shape index (κ1) is 52.9. The third kappa shape index (κ3) is 8.56. The van der Waals surface area contributed by atoms with Crippen molar-refractivity contribution in [3.8, 4) is 0 Å². The molecule has 3 aliphatic heterocycles. The average molecular weight is 971 g/mol. The number of aliphatic hydroxyl groups is 10. The number of carbonyl (C=O) groups is 1. The minimum atomic E-state index is -1.79. The van der Waals surface area contributed by atoms with E-state index in [-0.39, 0.29) is 46.0 Å². The van der Waals surface area contributed by atoms with Crippen molar-refractivity contribution in [2.24, 2.45) is 50.2 Å². The van der Waals surface area contributed by atoms with Crippen LogP contribution in [0.25, 0.3) is 0 Å². The predicted molar refractivity (Wildman–Crippen MR) is 240 cm³/mol. The highest BCUT2D eigenvalue weighted by molar-refractivity contribution is 5.65. The number of esters is 1. The molecule has 0 radical (unpaired) electrons. The topological polar surface area (TPSA) is 284 Å². The first-order valence-corrected chi connectivity index (χ1v) is 25.1. The van der Waals surface area contributed by atoms with Crippen molar-refractivity contribution in [1.29, 1.82) is 0 Å². The second kappa shape index (κ2) is 18.8. The Labute approximate surface area is 400 Å². The second-order valence-electron chi connectivity index (χ2n) is 24.3. The fourth-order valence-electron chi connectivity index (χ4n) is 15.3. The standard InChI is InChI=1S/C50H82O18/c1-23-33(54)35(56)39(60)43(64-23)68-41-28(21-63-42-38(59)36(57)34(55)27(65-42)20-62-24(2)52)66-44(40(61)37(41)58)67-32-13-14-47(7)29(46(32,5)6)12-15-48(8)30(47)11-10-25-26-18-45(3,4)16-17-50(26,22-51)31(53)19-49(25,48)9/h10,23,26-44,51,53-61H,11-22H2,1-9H3/t23-,26-,27+,28+,29-,30+,31-,32-,33-,34+,35+,36-,37+,38+,39+,40+,41+,42+,43-,44-,47-,48+,49+,50+/m0/s1. The lowest BCUT2D eigenvalue weighted by Gasteiger charge is -2.72. The highest BCUT2D eigenvalue weighted by atomic mass is 16.8. The van der Waals surface area contributed by atoms with Crippen LogP contribution >= 0.6 is 0 Å². The molecule has 3 saturated heterocycles. The van der Waals surface area contributed by atoms with E-state index < -0.39 is 134 Å². The molecular weight excluding hydrogens is 889 g/mol. The molecular formula is C50H82O18. The van der Waals surface area contributed by atoms with E-state index in [1.807, 2.05) is 0 Å². The molecule has 18 nitrogen and oxygen atoms in total. The second-order valence-corrected chi connectivity index (χ2v) is 24.3. The first-order valence-electron chi connectivity index (χ1n) is 25.1. The molecule has 24 atom stereocenters. The van der Waals surface area contributed by atoms with Gasteiger partial charge in [-0.15, -0.1) is 0 Å². The summed E-state index contributed by atoms with van der Waals surface area (Å²) >= 11 is 0. The van der Waals surface area contributed by atoms with Gasteiger partial charge in [0.05, 0.1) is 31.5 Å². The van der Waals surface area contributed by atoms with Crippen LogP contribution in [-0.4, -0.2) is 181 Å². The minimum absolute atomic E-state index is 0.0190. The Balaban J connectivity index is 1.02. The van der Waals surface area contributed by atoms with Crippen LogP contribution in [0, 0.1) is 50.2 Å². The van der Waals surface area contributed by atoms with Gasteiger partial charge in [0.15, 0.2) is 18.9 Å². The van der Waals surface area contributed by atoms with Crippen LogP contribution in [0.2, 0.25) is 0 Å². The highest BCUT2D eigenvalue weighted by Gasteiger charge is 2.70. The first-order chi connectivity index (χ1) is 31.7. The molecule has 0 aromatic heterocycles. The molecule has 0 bridgehead atoms. The summed E-state index contributed by atoms with van der Waals surface area (Å²) in [5, 5.41) is 111. The maximum Gasteiger partial charge on any atom is 0.302 e. The van der Waals surface area contributed by atoms with Gasteiger partial charge in [-0.3, -0.25) is 4.79 Å². The van der Waals surface area contributed by atoms with Gasteiger partial charge in [-0.25, -0.2) is 0 Å². The van der Waals surface area contributed by atoms with E-state index in [2.05, 4.69) is 54.5 Å². The van der Waals surface area contributed by atoms with Gasteiger partial charge in [0.2, 0.25) is 0 Å². The molecule has 390 valence electrons. The zero-order valence-electron chi connectivity index (χ0n) is 41.3. The Bertz CT molecular complexity index is 1850. The highest BCUT2D eigenvalue weighted by Crippen LogP contribution is 2.76. The zero-order valence-corrected chi connectivity index (χ0v) is 41.3. The number of aliphatic hydroxyl groups excluding tert-OH is 10. The lowest BCUT2D eigenvalue weighted by Crippen LogP contribution is -2.67. The smallest absolute Gasteiger partial charge is 0.302 e. The van der Waals surface area contributed by atoms with E-state index in [1.165, 1.54) is 12.5 Å². The van der Waals surface area contributed by atoms with Crippen molar-refractivity contribution < 1.29 is 89.0 Å². The van der Waals surface area contributed by atoms with E-state index in [0.717, 1.165) is 51.9 Å². The Kier molecular flexibility index (Phi) is 14.6. The van der Waals surface area contributed by atoms with Crippen molar-refractivity contribution >= 4 is 5.97 Å². The average Bonchev–Trinajstić information content (AvgIpc) is 3.27. The molecule has 7 fully saturated rings. The number of allylic oxidation sites excluding steroid dienone is 2. The molecule has 3 heterocycles. The number of hydrogen-bond acceptors (Lipinski definition) is 18. The van der Waals surface area contributed by atoms with Crippen molar-refractivity contribution in [3.05, 3.63) is 11.6 Å². The summed E-state index contributed by atoms with van der Waals surface area (Å²) < 4.78 is 41.6. The maximum absolute atomic E-state index is 12.1. The lowest BCUT2D eigenvalue weighted by atomic mass is 9.33. The molecule has 0 aromatic carbocycles. The Morgan fingerprint density at radius 3 is 1.99 bits per heavy atom. The SMILES string of the molecule is CC(=O)OC[C@H]1O[C@@H](OC[C@H]2O[C@@H](O[C@H]3CC[C@]4(C)[C@H]5CC=C6[C@@H]7CC(C)(C)CC[C@]7(CO)[C@@H](O)C[C@@]6(C)[C@]5(C)CC[C@H]4C3(C)C)[C@H](O)[C@@H](O)[C@@H]2O[C@@H]2O[C@@H](C)[C@H](O)[C@@H](O)[C@H]2O)[C@H](O)[C@@H](O)[C@@H]1O. The quantitative estimate of drug-likeness (QED) is 0.0836. The van der Waals surface area contributed by atoms with Gasteiger partial charge in [-0.05, 0) is 110 Å². The molecule has 68 heavy (non-hydrogen) atoms. The van der Waals surface area contributed by atoms with Crippen molar-refractivity contribution in [2.45, 2.75) is 224 Å². The van der Waals surface area contributed by atoms with Gasteiger partial charge in [0.25, 0.3) is 0 Å². The molecule has 0 unspecified atom stereocenters. The molecule has 4 saturated carbocycles. The zero-order chi connectivity index (χ0) is 49.8. The van der Waals surface area contributed by atoms with E-state index in [4.69, 9.17) is 33.2 Å². The molecule has 0 amide bonds. The third-order valence-corrected chi connectivity index (χ3v) is 19.7. The van der Waals surface area contributed by atoms with Gasteiger partial charge in [0.1, 0.15) is 73.8 Å². The van der Waals surface area contributed by atoms with Crippen molar-refractivity contribution in [2.75, 3.05) is 19.8 Å². The van der Waals surface area contributed by atoms with Crippen LogP contribution in [0.1, 0.15) is 120 Å². The number of ether oxygens (including phenoxy) is 7. The van der Waals surface area contributed by atoms with Gasteiger partial charge < -0.3 is 84.2 Å². The summed E-state index contributed by atoms with van der Waals surface area (Å²) in [6.45, 7) is 17.8. The monoisotopic (exact) mass is 971 g/mol. The number of fused-ring (bicyclic) bond motifs is 7. The van der Waals surface area contributed by atoms with Crippen LogP contribution in [-0.2, 0) is 38.0 Å². The van der Waals surface area contributed by atoms with Gasteiger partial charge in [0, 0.05) is 12.3 Å². The normalized spacial score (nSPS) is 53.2. The molecule has 5 aliphatic carbocycles. The summed E-state index contributed by atoms with van der Waals surface area (Å²) in [6, 6.07) is 0. The Morgan fingerprint density at radius 2 is 1.31 bits per heavy atom. The minimum Gasteiger partial charge on any atom is -0.463 e. The molecule has 8 aliphatic rings. The number of carbonyl (C=O) groups excluding carboxylic acids is 1. The molecule has 10 N–H and O–H groups in total. The van der Waals surface area contributed by atoms with E-state index >= 15 is 0 Å². The van der Waals surface area contributed by atoms with Crippen LogP contribution < -0.4 is 0 Å². The summed E-state index contributed by atoms with van der Waals surface area (Å²) in [5.41, 5.74) is 0.00892. The van der Waals surface area contributed by atoms with E-state index in [9.17, 15) is 55.9 Å². The van der Waals surface area contributed by atoms with E-state index in [0.29, 0.717) is 12.8 Å². The molecule has 0 aromatic rings. The lowest BCUT2D eigenvalue weighted by molar-refractivity contribution is -0.373. The summed E-state index contributed by atoms with van der Waals surface area (Å²) in [5.74, 6) is -0.0999. The largest absolute Gasteiger partial charge is 0.463 e. The fourth-order valence-corrected chi connectivity index (χ4v) is 15.3. The Hall–Kier alpha value is -1.43. The number of hydrogen-bond donors (Lipinski definition) is 10. The van der Waals surface area contributed by atoms with Gasteiger partial charge >= 0.3 is 5.97 Å². The molecule has 0 spiro atoms.